The highest BCUT2D eigenvalue weighted by Crippen LogP contribution is 2.26. The van der Waals surface area contributed by atoms with Crippen molar-refractivity contribution >= 4 is 27.7 Å². The van der Waals surface area contributed by atoms with Gasteiger partial charge in [0.2, 0.25) is 5.91 Å². The lowest BCUT2D eigenvalue weighted by molar-refractivity contribution is -0.143. The summed E-state index contributed by atoms with van der Waals surface area (Å²) in [6, 6.07) is 13.0. The maximum Gasteiger partial charge on any atom is 0.261 e. The fourth-order valence-corrected chi connectivity index (χ4v) is 3.51. The fraction of sp³-hybridized carbons (Fsp3) is 0.417. The van der Waals surface area contributed by atoms with Gasteiger partial charge in [-0.15, -0.1) is 0 Å². The van der Waals surface area contributed by atoms with Gasteiger partial charge in [-0.3, -0.25) is 9.59 Å². The molecule has 0 aliphatic heterocycles. The molecular weight excluding hydrogens is 444 g/mol. The van der Waals surface area contributed by atoms with Gasteiger partial charge in [0.1, 0.15) is 11.8 Å². The molecule has 0 aromatic heterocycles. The largest absolute Gasteiger partial charge is 0.484 e. The lowest BCUT2D eigenvalue weighted by Gasteiger charge is -2.30. The molecule has 1 atom stereocenters. The quantitative estimate of drug-likeness (QED) is 0.538. The normalized spacial score (nSPS) is 11.6. The van der Waals surface area contributed by atoms with Crippen LogP contribution in [0.3, 0.4) is 0 Å². The molecule has 30 heavy (non-hydrogen) atoms. The van der Waals surface area contributed by atoms with Crippen LogP contribution < -0.4 is 10.1 Å². The molecule has 5 nitrogen and oxygen atoms in total. The first-order valence-electron chi connectivity index (χ1n) is 10.4. The topological polar surface area (TPSA) is 58.6 Å². The van der Waals surface area contributed by atoms with Gasteiger partial charge in [0, 0.05) is 17.6 Å². The minimum atomic E-state index is -0.541. The van der Waals surface area contributed by atoms with Crippen LogP contribution in [0.25, 0.3) is 0 Å². The number of aryl methyl sites for hydroxylation is 2. The van der Waals surface area contributed by atoms with Crippen LogP contribution in [0.1, 0.15) is 43.4 Å². The second-order valence-corrected chi connectivity index (χ2v) is 8.18. The van der Waals surface area contributed by atoms with E-state index in [0.29, 0.717) is 25.3 Å². The van der Waals surface area contributed by atoms with E-state index in [9.17, 15) is 9.59 Å². The van der Waals surface area contributed by atoms with E-state index >= 15 is 0 Å². The van der Waals surface area contributed by atoms with E-state index in [1.807, 2.05) is 70.2 Å². The zero-order valence-electron chi connectivity index (χ0n) is 18.2. The van der Waals surface area contributed by atoms with Gasteiger partial charge < -0.3 is 15.0 Å². The number of nitrogens with one attached hydrogen (secondary N) is 1. The van der Waals surface area contributed by atoms with Crippen molar-refractivity contribution in [3.8, 4) is 5.75 Å². The number of halogens is 1. The van der Waals surface area contributed by atoms with Crippen LogP contribution in [0.5, 0.6) is 5.75 Å². The number of nitrogens with zero attached hydrogens (tertiary/aromatic N) is 1. The first-order valence-corrected chi connectivity index (χ1v) is 11.2. The van der Waals surface area contributed by atoms with Gasteiger partial charge in [0.15, 0.2) is 6.61 Å². The molecule has 0 saturated heterocycles. The molecule has 6 heteroatoms. The Kier molecular flexibility index (Phi) is 9.37. The predicted octanol–water partition coefficient (Wildman–Crippen LogP) is 4.78. The maximum absolute atomic E-state index is 13.1. The molecule has 2 rings (SSSR count). The lowest BCUT2D eigenvalue weighted by atomic mass is 10.1. The summed E-state index contributed by atoms with van der Waals surface area (Å²) in [4.78, 5) is 27.5. The summed E-state index contributed by atoms with van der Waals surface area (Å²) in [7, 11) is 0. The number of carbonyl (C=O) groups is 2. The molecule has 1 N–H and O–H groups in total. The van der Waals surface area contributed by atoms with Crippen LogP contribution in [0.4, 0.5) is 0 Å². The Morgan fingerprint density at radius 3 is 2.30 bits per heavy atom. The number of hydrogen-bond donors (Lipinski definition) is 1. The van der Waals surface area contributed by atoms with Gasteiger partial charge in [-0.25, -0.2) is 0 Å². The molecule has 2 amide bonds. The van der Waals surface area contributed by atoms with E-state index < -0.39 is 6.04 Å². The molecule has 2 aromatic carbocycles. The predicted molar refractivity (Wildman–Crippen MR) is 123 cm³/mol. The van der Waals surface area contributed by atoms with Crippen molar-refractivity contribution in [1.29, 1.82) is 0 Å². The molecule has 0 heterocycles. The van der Waals surface area contributed by atoms with Crippen LogP contribution in [0.15, 0.2) is 46.9 Å². The Labute approximate surface area is 187 Å². The van der Waals surface area contributed by atoms with Gasteiger partial charge in [-0.2, -0.15) is 0 Å². The number of hydrogen-bond acceptors (Lipinski definition) is 3. The SMILES string of the molecule is CCCNC(=O)[C@@H](CC)N(Cc1ccccc1)C(=O)COc1cc(C)c(Br)c(C)c1. The van der Waals surface area contributed by atoms with Gasteiger partial charge in [-0.05, 0) is 55.5 Å². The maximum atomic E-state index is 13.1. The smallest absolute Gasteiger partial charge is 0.261 e. The Bertz CT molecular complexity index is 832. The van der Waals surface area contributed by atoms with Crippen LogP contribution in [0.2, 0.25) is 0 Å². The van der Waals surface area contributed by atoms with Crippen LogP contribution in [0, 0.1) is 13.8 Å². The summed E-state index contributed by atoms with van der Waals surface area (Å²) in [6.45, 7) is 8.73. The highest BCUT2D eigenvalue weighted by Gasteiger charge is 2.28. The second-order valence-electron chi connectivity index (χ2n) is 7.38. The van der Waals surface area contributed by atoms with Gasteiger partial charge >= 0.3 is 0 Å². The van der Waals surface area contributed by atoms with Crippen LogP contribution >= 0.6 is 15.9 Å². The molecule has 0 unspecified atom stereocenters. The summed E-state index contributed by atoms with van der Waals surface area (Å²) >= 11 is 3.54. The van der Waals surface area contributed by atoms with Crippen molar-refractivity contribution in [2.45, 2.75) is 53.1 Å². The number of ether oxygens (including phenoxy) is 1. The third-order valence-corrected chi connectivity index (χ3v) is 6.15. The molecule has 0 aliphatic rings. The summed E-state index contributed by atoms with van der Waals surface area (Å²) in [5.41, 5.74) is 3.07. The molecule has 2 aromatic rings. The van der Waals surface area contributed by atoms with Crippen molar-refractivity contribution < 1.29 is 14.3 Å². The van der Waals surface area contributed by atoms with E-state index in [-0.39, 0.29) is 18.4 Å². The molecule has 0 fully saturated rings. The fourth-order valence-electron chi connectivity index (χ4n) is 3.28. The first-order chi connectivity index (χ1) is 14.4. The molecule has 0 aliphatic carbocycles. The monoisotopic (exact) mass is 474 g/mol. The Morgan fingerprint density at radius 1 is 1.10 bits per heavy atom. The number of amides is 2. The summed E-state index contributed by atoms with van der Waals surface area (Å²) < 4.78 is 6.85. The Balaban J connectivity index is 2.19. The van der Waals surface area contributed by atoms with Crippen molar-refractivity contribution in [2.75, 3.05) is 13.2 Å². The number of carbonyl (C=O) groups excluding carboxylic acids is 2. The molecular formula is C24H31BrN2O3. The minimum Gasteiger partial charge on any atom is -0.484 e. The van der Waals surface area contributed by atoms with Gasteiger partial charge in [0.05, 0.1) is 0 Å². The van der Waals surface area contributed by atoms with Gasteiger partial charge in [-0.1, -0.05) is 60.1 Å². The highest BCUT2D eigenvalue weighted by atomic mass is 79.9. The molecule has 162 valence electrons. The van der Waals surface area contributed by atoms with Crippen molar-refractivity contribution in [3.63, 3.8) is 0 Å². The Hall–Kier alpha value is -2.34. The summed E-state index contributed by atoms with van der Waals surface area (Å²) in [5, 5.41) is 2.92. The summed E-state index contributed by atoms with van der Waals surface area (Å²) in [5.74, 6) is 0.305. The lowest BCUT2D eigenvalue weighted by Crippen LogP contribution is -2.50. The zero-order chi connectivity index (χ0) is 22.1. The highest BCUT2D eigenvalue weighted by molar-refractivity contribution is 9.10. The molecule has 0 radical (unpaired) electrons. The first kappa shape index (κ1) is 23.9. The zero-order valence-corrected chi connectivity index (χ0v) is 19.8. The second kappa shape index (κ2) is 11.7. The van der Waals surface area contributed by atoms with Gasteiger partial charge in [0.25, 0.3) is 5.91 Å². The Morgan fingerprint density at radius 2 is 1.73 bits per heavy atom. The van der Waals surface area contributed by atoms with E-state index in [1.165, 1.54) is 0 Å². The standard InChI is InChI=1S/C24H31BrN2O3/c1-5-12-26-24(29)21(6-2)27(15-19-10-8-7-9-11-19)22(28)16-30-20-13-17(3)23(25)18(4)14-20/h7-11,13-14,21H,5-6,12,15-16H2,1-4H3,(H,26,29)/t21-/m1/s1. The third kappa shape index (κ3) is 6.59. The average molecular weight is 475 g/mol. The van der Waals surface area contributed by atoms with Crippen molar-refractivity contribution in [2.24, 2.45) is 0 Å². The number of rotatable bonds is 10. The van der Waals surface area contributed by atoms with E-state index in [0.717, 1.165) is 27.6 Å². The molecule has 0 bridgehead atoms. The molecule has 0 saturated carbocycles. The van der Waals surface area contributed by atoms with E-state index in [4.69, 9.17) is 4.74 Å². The minimum absolute atomic E-state index is 0.120. The van der Waals surface area contributed by atoms with E-state index in [1.54, 1.807) is 4.90 Å². The van der Waals surface area contributed by atoms with E-state index in [2.05, 4.69) is 21.2 Å². The summed E-state index contributed by atoms with van der Waals surface area (Å²) in [6.07, 6.45) is 1.38. The van der Waals surface area contributed by atoms with Crippen molar-refractivity contribution in [1.82, 2.24) is 10.2 Å². The third-order valence-electron chi connectivity index (χ3n) is 4.90. The van der Waals surface area contributed by atoms with Crippen molar-refractivity contribution in [3.05, 3.63) is 63.6 Å². The molecule has 0 spiro atoms. The number of benzene rings is 2. The van der Waals surface area contributed by atoms with Crippen LogP contribution in [-0.2, 0) is 16.1 Å². The van der Waals surface area contributed by atoms with Crippen LogP contribution in [-0.4, -0.2) is 35.9 Å². The average Bonchev–Trinajstić information content (AvgIpc) is 2.74.